The van der Waals surface area contributed by atoms with E-state index in [1.165, 1.54) is 0 Å². The normalized spacial score (nSPS) is 15.1. The summed E-state index contributed by atoms with van der Waals surface area (Å²) >= 11 is 12.5. The van der Waals surface area contributed by atoms with Gasteiger partial charge in [-0.3, -0.25) is 0 Å². The first-order chi connectivity index (χ1) is 21.0. The molecule has 4 aromatic rings. The fourth-order valence-electron chi connectivity index (χ4n) is 4.60. The lowest BCUT2D eigenvalue weighted by Gasteiger charge is -2.38. The first-order valence-corrected chi connectivity index (χ1v) is 15.1. The van der Waals surface area contributed by atoms with Crippen molar-refractivity contribution in [3.63, 3.8) is 0 Å². The minimum Gasteiger partial charge on any atom is -0.388 e. The number of aliphatic hydroxyl groups is 2. The van der Waals surface area contributed by atoms with E-state index >= 15 is 0 Å². The molecule has 8 heteroatoms. The van der Waals surface area contributed by atoms with Gasteiger partial charge in [-0.05, 0) is 22.3 Å². The van der Waals surface area contributed by atoms with Crippen LogP contribution in [0.4, 0.5) is 0 Å². The standard InChI is InChI=1S/C35H38Cl2O6/c36-35(37)31(39)33(42-23-28-17-9-3-10-18-28)34(43-24-29-19-11-4-12-20-29)32(41-22-27-15-7-2-8-16-27)30(38)25-40-21-26-13-5-1-6-14-26/h1-20,30-35,38-39H,21-25H2/t30-,31?,32-,33+,34+/m1/s1. The SMILES string of the molecule is OC(C(Cl)Cl)[C@H](OCc1ccccc1)[C@@H](OCc1ccccc1)[C@H](OCc1ccccc1)[C@H](O)COCc1ccccc1. The summed E-state index contributed by atoms with van der Waals surface area (Å²) in [6.45, 7) is 0.758. The van der Waals surface area contributed by atoms with Crippen LogP contribution in [0.1, 0.15) is 22.3 Å². The Morgan fingerprint density at radius 1 is 0.465 bits per heavy atom. The van der Waals surface area contributed by atoms with E-state index in [4.69, 9.17) is 42.1 Å². The third-order valence-electron chi connectivity index (χ3n) is 6.88. The predicted molar refractivity (Wildman–Crippen MR) is 169 cm³/mol. The molecule has 0 aliphatic heterocycles. The van der Waals surface area contributed by atoms with Gasteiger partial charge >= 0.3 is 0 Å². The second-order valence-electron chi connectivity index (χ2n) is 10.2. The van der Waals surface area contributed by atoms with Crippen molar-refractivity contribution in [2.75, 3.05) is 6.61 Å². The van der Waals surface area contributed by atoms with Crippen LogP contribution < -0.4 is 0 Å². The van der Waals surface area contributed by atoms with Gasteiger partial charge in [0, 0.05) is 0 Å². The Morgan fingerprint density at radius 3 is 1.21 bits per heavy atom. The zero-order chi connectivity index (χ0) is 30.3. The molecule has 4 rings (SSSR count). The Morgan fingerprint density at radius 2 is 0.814 bits per heavy atom. The number of alkyl halides is 2. The number of hydrogen-bond donors (Lipinski definition) is 2. The molecule has 0 aromatic heterocycles. The molecular formula is C35H38Cl2O6. The summed E-state index contributed by atoms with van der Waals surface area (Å²) in [6, 6.07) is 38.4. The third kappa shape index (κ3) is 11.0. The van der Waals surface area contributed by atoms with E-state index in [2.05, 4.69) is 0 Å². The first-order valence-electron chi connectivity index (χ1n) is 14.2. The van der Waals surface area contributed by atoms with Crippen LogP contribution in [0.2, 0.25) is 0 Å². The molecule has 43 heavy (non-hydrogen) atoms. The maximum absolute atomic E-state index is 11.6. The van der Waals surface area contributed by atoms with Gasteiger partial charge in [0.2, 0.25) is 0 Å². The van der Waals surface area contributed by atoms with Gasteiger partial charge in [0.25, 0.3) is 0 Å². The maximum atomic E-state index is 11.6. The predicted octanol–water partition coefficient (Wildman–Crippen LogP) is 6.48. The molecule has 1 unspecified atom stereocenters. The lowest BCUT2D eigenvalue weighted by atomic mass is 9.98. The van der Waals surface area contributed by atoms with E-state index in [0.29, 0.717) is 6.61 Å². The summed E-state index contributed by atoms with van der Waals surface area (Å²) in [5.41, 5.74) is 3.66. The summed E-state index contributed by atoms with van der Waals surface area (Å²) < 4.78 is 25.0. The lowest BCUT2D eigenvalue weighted by Crippen LogP contribution is -2.54. The smallest absolute Gasteiger partial charge is 0.136 e. The van der Waals surface area contributed by atoms with E-state index in [9.17, 15) is 10.2 Å². The quantitative estimate of drug-likeness (QED) is 0.123. The molecule has 2 N–H and O–H groups in total. The zero-order valence-corrected chi connectivity index (χ0v) is 25.3. The second kappa shape index (κ2) is 18.1. The van der Waals surface area contributed by atoms with Crippen molar-refractivity contribution in [2.45, 2.75) is 61.8 Å². The van der Waals surface area contributed by atoms with Crippen LogP contribution in [0.25, 0.3) is 0 Å². The van der Waals surface area contributed by atoms with Gasteiger partial charge in [-0.2, -0.15) is 0 Å². The topological polar surface area (TPSA) is 77.4 Å². The fraction of sp³-hybridized carbons (Fsp3) is 0.314. The zero-order valence-electron chi connectivity index (χ0n) is 23.8. The van der Waals surface area contributed by atoms with Gasteiger partial charge in [-0.25, -0.2) is 0 Å². The van der Waals surface area contributed by atoms with Crippen LogP contribution in [0, 0.1) is 0 Å². The largest absolute Gasteiger partial charge is 0.388 e. The molecule has 6 nitrogen and oxygen atoms in total. The van der Waals surface area contributed by atoms with E-state index < -0.39 is 35.4 Å². The van der Waals surface area contributed by atoms with Crippen molar-refractivity contribution in [1.29, 1.82) is 0 Å². The van der Waals surface area contributed by atoms with Gasteiger partial charge in [0.1, 0.15) is 35.4 Å². The summed E-state index contributed by atoms with van der Waals surface area (Å²) in [7, 11) is 0. The number of halogens is 2. The minimum atomic E-state index is -1.35. The average Bonchev–Trinajstić information content (AvgIpc) is 3.05. The van der Waals surface area contributed by atoms with Crippen molar-refractivity contribution in [3.8, 4) is 0 Å². The molecule has 0 fully saturated rings. The lowest BCUT2D eigenvalue weighted by molar-refractivity contribution is -0.204. The molecule has 5 atom stereocenters. The van der Waals surface area contributed by atoms with Crippen LogP contribution >= 0.6 is 23.2 Å². The maximum Gasteiger partial charge on any atom is 0.136 e. The van der Waals surface area contributed by atoms with Gasteiger partial charge in [-0.1, -0.05) is 121 Å². The highest BCUT2D eigenvalue weighted by molar-refractivity contribution is 6.44. The Bertz CT molecular complexity index is 1280. The van der Waals surface area contributed by atoms with Crippen molar-refractivity contribution in [3.05, 3.63) is 144 Å². The van der Waals surface area contributed by atoms with Crippen LogP contribution in [0.5, 0.6) is 0 Å². The summed E-state index contributed by atoms with van der Waals surface area (Å²) in [4.78, 5) is -1.19. The number of rotatable bonds is 18. The van der Waals surface area contributed by atoms with Gasteiger partial charge in [0.15, 0.2) is 0 Å². The van der Waals surface area contributed by atoms with E-state index in [1.54, 1.807) is 0 Å². The van der Waals surface area contributed by atoms with E-state index in [-0.39, 0.29) is 26.4 Å². The van der Waals surface area contributed by atoms with E-state index in [0.717, 1.165) is 22.3 Å². The van der Waals surface area contributed by atoms with Gasteiger partial charge in [0.05, 0.1) is 33.0 Å². The summed E-state index contributed by atoms with van der Waals surface area (Å²) in [5.74, 6) is 0. The molecule has 0 saturated carbocycles. The highest BCUT2D eigenvalue weighted by atomic mass is 35.5. The van der Waals surface area contributed by atoms with Crippen LogP contribution in [0.3, 0.4) is 0 Å². The van der Waals surface area contributed by atoms with Crippen LogP contribution in [-0.4, -0.2) is 52.2 Å². The minimum absolute atomic E-state index is 0.0494. The molecule has 0 saturated heterocycles. The Kier molecular flexibility index (Phi) is 14.0. The molecule has 4 aromatic carbocycles. The number of benzene rings is 4. The third-order valence-corrected chi connectivity index (χ3v) is 7.39. The second-order valence-corrected chi connectivity index (χ2v) is 11.3. The van der Waals surface area contributed by atoms with Crippen molar-refractivity contribution in [1.82, 2.24) is 0 Å². The molecule has 228 valence electrons. The molecule has 0 aliphatic rings. The van der Waals surface area contributed by atoms with Crippen molar-refractivity contribution < 1.29 is 29.2 Å². The van der Waals surface area contributed by atoms with Crippen LogP contribution in [0.15, 0.2) is 121 Å². The molecule has 0 radical (unpaired) electrons. The highest BCUT2D eigenvalue weighted by Crippen LogP contribution is 2.26. The Balaban J connectivity index is 1.62. The summed E-state index contributed by atoms with van der Waals surface area (Å²) in [5, 5.41) is 22.8. The van der Waals surface area contributed by atoms with Crippen LogP contribution in [-0.2, 0) is 45.4 Å². The average molecular weight is 626 g/mol. The molecule has 0 amide bonds. The fourth-order valence-corrected chi connectivity index (χ4v) is 4.89. The number of ether oxygens (including phenoxy) is 4. The molecule has 0 bridgehead atoms. The van der Waals surface area contributed by atoms with Gasteiger partial charge < -0.3 is 29.2 Å². The molecule has 0 heterocycles. The van der Waals surface area contributed by atoms with Crippen molar-refractivity contribution >= 4 is 23.2 Å². The molecule has 0 spiro atoms. The summed E-state index contributed by atoms with van der Waals surface area (Å²) in [6.07, 6.45) is -5.53. The van der Waals surface area contributed by atoms with Gasteiger partial charge in [-0.15, -0.1) is 23.2 Å². The monoisotopic (exact) mass is 624 g/mol. The van der Waals surface area contributed by atoms with E-state index in [1.807, 2.05) is 121 Å². The Labute approximate surface area is 263 Å². The number of hydrogen-bond acceptors (Lipinski definition) is 6. The highest BCUT2D eigenvalue weighted by Gasteiger charge is 2.42. The van der Waals surface area contributed by atoms with Crippen molar-refractivity contribution in [2.24, 2.45) is 0 Å². The number of aliphatic hydroxyl groups excluding tert-OH is 2. The first kappa shape index (κ1) is 33.1. The molecule has 0 aliphatic carbocycles. The Hall–Kier alpha value is -2.78. The molecular weight excluding hydrogens is 587 g/mol.